The van der Waals surface area contributed by atoms with E-state index in [0.29, 0.717) is 11.6 Å². The van der Waals surface area contributed by atoms with E-state index in [-0.39, 0.29) is 23.7 Å². The van der Waals surface area contributed by atoms with Gasteiger partial charge in [-0.3, -0.25) is 9.59 Å². The molecule has 7 heteroatoms. The average Bonchev–Trinajstić information content (AvgIpc) is 3.02. The number of nitrogens with zero attached hydrogens (tertiary/aromatic N) is 1. The number of fused-ring (bicyclic) bond motifs is 1. The molecule has 3 N–H and O–H groups in total. The molecular formula is C19H28N2O3S2. The highest BCUT2D eigenvalue weighted by atomic mass is 32.1. The van der Waals surface area contributed by atoms with E-state index >= 15 is 0 Å². The minimum atomic E-state index is -0.664. The van der Waals surface area contributed by atoms with Crippen LogP contribution in [0.25, 0.3) is 10.2 Å². The highest BCUT2D eigenvalue weighted by molar-refractivity contribution is 7.96. The van der Waals surface area contributed by atoms with Crippen molar-refractivity contribution >= 4 is 45.3 Å². The van der Waals surface area contributed by atoms with E-state index in [2.05, 4.69) is 24.5 Å². The molecule has 0 spiro atoms. The van der Waals surface area contributed by atoms with Crippen molar-refractivity contribution in [3.05, 3.63) is 29.3 Å². The molecule has 0 saturated carbocycles. The number of para-hydroxylation sites is 1. The number of esters is 1. The Kier molecular flexibility index (Phi) is 10.5. The first-order valence-corrected chi connectivity index (χ1v) is 10.1. The summed E-state index contributed by atoms with van der Waals surface area (Å²) in [6.45, 7) is 2.58. The number of benzene rings is 1. The van der Waals surface area contributed by atoms with Gasteiger partial charge in [-0.2, -0.15) is 0 Å². The summed E-state index contributed by atoms with van der Waals surface area (Å²) in [4.78, 5) is 28.4. The molecule has 1 unspecified atom stereocenters. The van der Waals surface area contributed by atoms with Crippen LogP contribution in [0.3, 0.4) is 0 Å². The first-order valence-electron chi connectivity index (χ1n) is 8.85. The zero-order valence-electron chi connectivity index (χ0n) is 15.3. The van der Waals surface area contributed by atoms with Gasteiger partial charge in [0, 0.05) is 6.42 Å². The minimum absolute atomic E-state index is 0. The van der Waals surface area contributed by atoms with Crippen molar-refractivity contribution in [3.63, 3.8) is 0 Å². The van der Waals surface area contributed by atoms with Gasteiger partial charge in [0.1, 0.15) is 10.9 Å². The van der Waals surface area contributed by atoms with Gasteiger partial charge in [0.2, 0.25) is 0 Å². The molecule has 144 valence electrons. The number of hydrogen-bond acceptors (Lipinski definition) is 6. The smallest absolute Gasteiger partial charge is 0.316 e. The molecule has 1 aromatic carbocycles. The molecule has 0 amide bonds. The fraction of sp³-hybridized carbons (Fsp3) is 0.526. The molecule has 0 aliphatic rings. The Hall–Kier alpha value is -1.44. The van der Waals surface area contributed by atoms with Crippen molar-refractivity contribution in [2.24, 2.45) is 0 Å². The van der Waals surface area contributed by atoms with Crippen molar-refractivity contribution in [2.75, 3.05) is 6.61 Å². The molecule has 0 radical (unpaired) electrons. The fourth-order valence-electron chi connectivity index (χ4n) is 2.64. The third-order valence-corrected chi connectivity index (χ3v) is 5.35. The SMILES string of the molecule is CCCCCCCCOC(=O)C(CC(=O)S)c1nc2ccccc2s1.N. The predicted molar refractivity (Wildman–Crippen MR) is 110 cm³/mol. The molecule has 5 nitrogen and oxygen atoms in total. The quantitative estimate of drug-likeness (QED) is 0.306. The molecular weight excluding hydrogens is 368 g/mol. The lowest BCUT2D eigenvalue weighted by atomic mass is 10.1. The summed E-state index contributed by atoms with van der Waals surface area (Å²) in [5, 5.41) is 0.289. The maximum atomic E-state index is 12.4. The Morgan fingerprint density at radius 1 is 1.15 bits per heavy atom. The van der Waals surface area contributed by atoms with Crippen LogP contribution in [-0.4, -0.2) is 22.7 Å². The average molecular weight is 397 g/mol. The second-order valence-corrected chi connectivity index (χ2v) is 7.67. The van der Waals surface area contributed by atoms with Gasteiger partial charge in [0.05, 0.1) is 16.8 Å². The fourth-order valence-corrected chi connectivity index (χ4v) is 3.88. The molecule has 1 atom stereocenters. The van der Waals surface area contributed by atoms with E-state index in [0.717, 1.165) is 23.1 Å². The van der Waals surface area contributed by atoms with Gasteiger partial charge >= 0.3 is 5.97 Å². The molecule has 1 aromatic heterocycles. The van der Waals surface area contributed by atoms with Crippen LogP contribution in [-0.2, 0) is 14.3 Å². The molecule has 0 aliphatic carbocycles. The predicted octanol–water partition coefficient (Wildman–Crippen LogP) is 5.29. The summed E-state index contributed by atoms with van der Waals surface area (Å²) in [6.07, 6.45) is 6.80. The normalized spacial score (nSPS) is 11.8. The van der Waals surface area contributed by atoms with E-state index in [1.807, 2.05) is 24.3 Å². The van der Waals surface area contributed by atoms with Crippen LogP contribution in [0.1, 0.15) is 62.8 Å². The lowest BCUT2D eigenvalue weighted by Gasteiger charge is -2.12. The summed E-state index contributed by atoms with van der Waals surface area (Å²) in [7, 11) is 0. The lowest BCUT2D eigenvalue weighted by Crippen LogP contribution is -2.18. The number of ether oxygens (including phenoxy) is 1. The van der Waals surface area contributed by atoms with Crippen LogP contribution in [0.4, 0.5) is 0 Å². The highest BCUT2D eigenvalue weighted by Gasteiger charge is 2.27. The van der Waals surface area contributed by atoms with E-state index in [1.54, 1.807) is 0 Å². The number of hydrogen-bond donors (Lipinski definition) is 2. The largest absolute Gasteiger partial charge is 0.465 e. The van der Waals surface area contributed by atoms with Crippen LogP contribution in [0, 0.1) is 0 Å². The first kappa shape index (κ1) is 22.6. The Morgan fingerprint density at radius 3 is 2.54 bits per heavy atom. The number of unbranched alkanes of at least 4 members (excludes halogenated alkanes) is 5. The second kappa shape index (κ2) is 12.0. The van der Waals surface area contributed by atoms with Crippen molar-refractivity contribution in [2.45, 2.75) is 57.8 Å². The highest BCUT2D eigenvalue weighted by Crippen LogP contribution is 2.30. The van der Waals surface area contributed by atoms with Gasteiger partial charge in [-0.05, 0) is 18.6 Å². The third kappa shape index (κ3) is 7.05. The van der Waals surface area contributed by atoms with Crippen LogP contribution in [0.15, 0.2) is 24.3 Å². The zero-order chi connectivity index (χ0) is 18.1. The maximum Gasteiger partial charge on any atom is 0.316 e. The molecule has 2 aromatic rings. The number of carbonyl (C=O) groups is 2. The van der Waals surface area contributed by atoms with Gasteiger partial charge in [-0.15, -0.1) is 24.0 Å². The first-order chi connectivity index (χ1) is 12.1. The molecule has 0 aliphatic heterocycles. The van der Waals surface area contributed by atoms with Crippen LogP contribution >= 0.6 is 24.0 Å². The monoisotopic (exact) mass is 396 g/mol. The van der Waals surface area contributed by atoms with Crippen molar-refractivity contribution < 1.29 is 14.3 Å². The number of thiazole rings is 1. The number of carbonyl (C=O) groups excluding carboxylic acids is 2. The lowest BCUT2D eigenvalue weighted by molar-refractivity contribution is -0.146. The van der Waals surface area contributed by atoms with Crippen LogP contribution in [0.5, 0.6) is 0 Å². The molecule has 0 fully saturated rings. The third-order valence-electron chi connectivity index (χ3n) is 4.01. The van der Waals surface area contributed by atoms with Gasteiger partial charge in [0.15, 0.2) is 5.12 Å². The van der Waals surface area contributed by atoms with Crippen molar-refractivity contribution in [3.8, 4) is 0 Å². The number of aromatic nitrogens is 1. The summed E-state index contributed by atoms with van der Waals surface area (Å²) < 4.78 is 6.40. The second-order valence-electron chi connectivity index (χ2n) is 6.11. The Labute approximate surface area is 164 Å². The van der Waals surface area contributed by atoms with Crippen LogP contribution < -0.4 is 6.15 Å². The molecule has 26 heavy (non-hydrogen) atoms. The van der Waals surface area contributed by atoms with Crippen LogP contribution in [0.2, 0.25) is 0 Å². The van der Waals surface area contributed by atoms with E-state index in [4.69, 9.17) is 4.74 Å². The van der Waals surface area contributed by atoms with Crippen molar-refractivity contribution in [1.29, 1.82) is 0 Å². The maximum absolute atomic E-state index is 12.4. The van der Waals surface area contributed by atoms with Gasteiger partial charge < -0.3 is 10.9 Å². The molecule has 2 rings (SSSR count). The van der Waals surface area contributed by atoms with E-state index in [1.165, 1.54) is 37.0 Å². The van der Waals surface area contributed by atoms with Gasteiger partial charge in [-0.1, -0.05) is 51.2 Å². The molecule has 1 heterocycles. The summed E-state index contributed by atoms with van der Waals surface area (Å²) in [5.41, 5.74) is 0.836. The minimum Gasteiger partial charge on any atom is -0.465 e. The number of rotatable bonds is 11. The Bertz CT molecular complexity index is 670. The zero-order valence-corrected chi connectivity index (χ0v) is 17.0. The number of thiol groups is 1. The van der Waals surface area contributed by atoms with E-state index < -0.39 is 5.92 Å². The topological polar surface area (TPSA) is 91.3 Å². The Balaban J connectivity index is 0.00000338. The van der Waals surface area contributed by atoms with Gasteiger partial charge in [-0.25, -0.2) is 4.98 Å². The Morgan fingerprint density at radius 2 is 1.85 bits per heavy atom. The summed E-state index contributed by atoms with van der Waals surface area (Å²) in [5.74, 6) is -1.04. The van der Waals surface area contributed by atoms with Gasteiger partial charge in [0.25, 0.3) is 0 Å². The molecule has 0 saturated heterocycles. The standard InChI is InChI=1S/C19H25NO3S2.H3N/c1-2-3-4-5-6-9-12-23-19(22)14(13-17(21)24)18-20-15-10-7-8-11-16(15)25-18;/h7-8,10-11,14H,2-6,9,12-13H2,1H3,(H,21,24);1H3. The summed E-state index contributed by atoms with van der Waals surface area (Å²) >= 11 is 5.26. The molecule has 0 bridgehead atoms. The van der Waals surface area contributed by atoms with E-state index in [9.17, 15) is 9.59 Å². The summed E-state index contributed by atoms with van der Waals surface area (Å²) in [6, 6.07) is 7.69. The van der Waals surface area contributed by atoms with Crippen molar-refractivity contribution in [1.82, 2.24) is 11.1 Å².